The van der Waals surface area contributed by atoms with Gasteiger partial charge in [-0.1, -0.05) is 32.0 Å². The highest BCUT2D eigenvalue weighted by Gasteiger charge is 2.23. The van der Waals surface area contributed by atoms with Gasteiger partial charge in [-0.15, -0.1) is 0 Å². The Morgan fingerprint density at radius 3 is 2.93 bits per heavy atom. The topological polar surface area (TPSA) is 12.0 Å². The van der Waals surface area contributed by atoms with Crippen molar-refractivity contribution in [2.45, 2.75) is 33.1 Å². The van der Waals surface area contributed by atoms with Gasteiger partial charge in [0, 0.05) is 18.2 Å². The first-order chi connectivity index (χ1) is 6.68. The van der Waals surface area contributed by atoms with Gasteiger partial charge in [-0.05, 0) is 30.4 Å². The lowest BCUT2D eigenvalue weighted by Crippen LogP contribution is -2.05. The number of hydrogen-bond donors (Lipinski definition) is 1. The van der Waals surface area contributed by atoms with E-state index >= 15 is 0 Å². The predicted octanol–water partition coefficient (Wildman–Crippen LogP) is 3.55. The van der Waals surface area contributed by atoms with Crippen LogP contribution in [0.2, 0.25) is 0 Å². The summed E-state index contributed by atoms with van der Waals surface area (Å²) in [5.74, 6) is 1.51. The van der Waals surface area contributed by atoms with Crippen molar-refractivity contribution < 1.29 is 0 Å². The quantitative estimate of drug-likeness (QED) is 0.750. The molecule has 14 heavy (non-hydrogen) atoms. The van der Waals surface area contributed by atoms with E-state index < -0.39 is 0 Å². The Kier molecular flexibility index (Phi) is 2.49. The van der Waals surface area contributed by atoms with Gasteiger partial charge in [0.25, 0.3) is 0 Å². The van der Waals surface area contributed by atoms with Gasteiger partial charge >= 0.3 is 0 Å². The van der Waals surface area contributed by atoms with E-state index in [4.69, 9.17) is 0 Å². The van der Waals surface area contributed by atoms with Crippen molar-refractivity contribution in [3.05, 3.63) is 29.3 Å². The summed E-state index contributed by atoms with van der Waals surface area (Å²) < 4.78 is 0. The van der Waals surface area contributed by atoms with Crippen molar-refractivity contribution in [3.63, 3.8) is 0 Å². The van der Waals surface area contributed by atoms with Crippen LogP contribution in [-0.4, -0.2) is 6.54 Å². The Hall–Kier alpha value is -0.980. The van der Waals surface area contributed by atoms with Crippen LogP contribution in [-0.2, 0) is 0 Å². The SMILES string of the molecule is Cc1cccc2c1NCC2CC(C)C. The highest BCUT2D eigenvalue weighted by Crippen LogP contribution is 2.37. The molecule has 0 spiro atoms. The molecule has 1 unspecified atom stereocenters. The number of nitrogens with one attached hydrogen (secondary N) is 1. The fourth-order valence-corrected chi connectivity index (χ4v) is 2.39. The summed E-state index contributed by atoms with van der Waals surface area (Å²) in [6.45, 7) is 7.91. The third-order valence-electron chi connectivity index (χ3n) is 3.03. The molecule has 0 saturated carbocycles. The number of aryl methyl sites for hydroxylation is 1. The van der Waals surface area contributed by atoms with Gasteiger partial charge in [-0.2, -0.15) is 0 Å². The molecular formula is C13H19N. The lowest BCUT2D eigenvalue weighted by Gasteiger charge is -2.12. The van der Waals surface area contributed by atoms with E-state index in [1.54, 1.807) is 0 Å². The predicted molar refractivity (Wildman–Crippen MR) is 61.9 cm³/mol. The Morgan fingerprint density at radius 1 is 1.43 bits per heavy atom. The molecule has 1 aromatic rings. The summed E-state index contributed by atoms with van der Waals surface area (Å²) in [4.78, 5) is 0. The van der Waals surface area contributed by atoms with Crippen molar-refractivity contribution in [1.82, 2.24) is 0 Å². The largest absolute Gasteiger partial charge is 0.384 e. The van der Waals surface area contributed by atoms with Gasteiger partial charge in [-0.3, -0.25) is 0 Å². The van der Waals surface area contributed by atoms with Gasteiger partial charge in [0.05, 0.1) is 0 Å². The molecule has 0 fully saturated rings. The first-order valence-corrected chi connectivity index (χ1v) is 5.52. The van der Waals surface area contributed by atoms with Crippen molar-refractivity contribution in [3.8, 4) is 0 Å². The minimum absolute atomic E-state index is 0.727. The molecule has 0 amide bonds. The molecule has 76 valence electrons. The number of fused-ring (bicyclic) bond motifs is 1. The van der Waals surface area contributed by atoms with E-state index in [0.29, 0.717) is 0 Å². The second kappa shape index (κ2) is 3.64. The van der Waals surface area contributed by atoms with Gasteiger partial charge in [0.1, 0.15) is 0 Å². The molecule has 2 rings (SSSR count). The molecule has 1 aliphatic rings. The van der Waals surface area contributed by atoms with Crippen LogP contribution in [0.25, 0.3) is 0 Å². The van der Waals surface area contributed by atoms with E-state index in [-0.39, 0.29) is 0 Å². The second-order valence-corrected chi connectivity index (χ2v) is 4.75. The van der Waals surface area contributed by atoms with Gasteiger partial charge < -0.3 is 5.32 Å². The first kappa shape index (κ1) is 9.57. The number of benzene rings is 1. The zero-order valence-corrected chi connectivity index (χ0v) is 9.30. The molecule has 0 radical (unpaired) electrons. The summed E-state index contributed by atoms with van der Waals surface area (Å²) in [7, 11) is 0. The molecule has 1 aliphatic heterocycles. The van der Waals surface area contributed by atoms with Crippen LogP contribution >= 0.6 is 0 Å². The van der Waals surface area contributed by atoms with Crippen molar-refractivity contribution in [2.75, 3.05) is 11.9 Å². The summed E-state index contributed by atoms with van der Waals surface area (Å²) >= 11 is 0. The Balaban J connectivity index is 2.26. The fraction of sp³-hybridized carbons (Fsp3) is 0.538. The summed E-state index contributed by atoms with van der Waals surface area (Å²) in [5.41, 5.74) is 4.30. The zero-order valence-electron chi connectivity index (χ0n) is 9.30. The average Bonchev–Trinajstić information content (AvgIpc) is 2.49. The zero-order chi connectivity index (χ0) is 10.1. The summed E-state index contributed by atoms with van der Waals surface area (Å²) in [5, 5.41) is 3.52. The van der Waals surface area contributed by atoms with Crippen LogP contribution in [0.5, 0.6) is 0 Å². The summed E-state index contributed by atoms with van der Waals surface area (Å²) in [6.07, 6.45) is 1.30. The molecule has 1 N–H and O–H groups in total. The molecule has 1 aromatic carbocycles. The average molecular weight is 189 g/mol. The fourth-order valence-electron chi connectivity index (χ4n) is 2.39. The maximum Gasteiger partial charge on any atom is 0.0406 e. The monoisotopic (exact) mass is 189 g/mol. The number of rotatable bonds is 2. The highest BCUT2D eigenvalue weighted by atomic mass is 14.9. The molecule has 0 saturated heterocycles. The maximum absolute atomic E-state index is 3.52. The molecule has 1 atom stereocenters. The highest BCUT2D eigenvalue weighted by molar-refractivity contribution is 5.62. The standard InChI is InChI=1S/C13H19N/c1-9(2)7-11-8-14-13-10(3)5-4-6-12(11)13/h4-6,9,11,14H,7-8H2,1-3H3. The van der Waals surface area contributed by atoms with Gasteiger partial charge in [-0.25, -0.2) is 0 Å². The molecule has 1 heteroatoms. The molecule has 0 aliphatic carbocycles. The van der Waals surface area contributed by atoms with Crippen LogP contribution in [0.1, 0.15) is 37.3 Å². The minimum Gasteiger partial charge on any atom is -0.384 e. The van der Waals surface area contributed by atoms with Crippen LogP contribution in [0.3, 0.4) is 0 Å². The Bertz CT molecular complexity index is 328. The van der Waals surface area contributed by atoms with Crippen LogP contribution in [0.15, 0.2) is 18.2 Å². The maximum atomic E-state index is 3.52. The minimum atomic E-state index is 0.727. The van der Waals surface area contributed by atoms with Crippen LogP contribution < -0.4 is 5.32 Å². The molecule has 1 heterocycles. The molecular weight excluding hydrogens is 170 g/mol. The lowest BCUT2D eigenvalue weighted by atomic mass is 9.91. The van der Waals surface area contributed by atoms with Gasteiger partial charge in [0.2, 0.25) is 0 Å². The van der Waals surface area contributed by atoms with E-state index in [1.165, 1.54) is 23.2 Å². The van der Waals surface area contributed by atoms with Gasteiger partial charge in [0.15, 0.2) is 0 Å². The van der Waals surface area contributed by atoms with E-state index in [1.807, 2.05) is 0 Å². The van der Waals surface area contributed by atoms with Crippen molar-refractivity contribution in [1.29, 1.82) is 0 Å². The second-order valence-electron chi connectivity index (χ2n) is 4.75. The first-order valence-electron chi connectivity index (χ1n) is 5.52. The van der Waals surface area contributed by atoms with Crippen LogP contribution in [0, 0.1) is 12.8 Å². The van der Waals surface area contributed by atoms with Crippen LogP contribution in [0.4, 0.5) is 5.69 Å². The van der Waals surface area contributed by atoms with E-state index in [2.05, 4.69) is 44.3 Å². The third-order valence-corrected chi connectivity index (χ3v) is 3.03. The summed E-state index contributed by atoms with van der Waals surface area (Å²) in [6, 6.07) is 6.63. The lowest BCUT2D eigenvalue weighted by molar-refractivity contribution is 0.522. The van der Waals surface area contributed by atoms with E-state index in [9.17, 15) is 0 Å². The number of para-hydroxylation sites is 1. The van der Waals surface area contributed by atoms with Crippen molar-refractivity contribution in [2.24, 2.45) is 5.92 Å². The Morgan fingerprint density at radius 2 is 2.21 bits per heavy atom. The van der Waals surface area contributed by atoms with Crippen molar-refractivity contribution >= 4 is 5.69 Å². The number of anilines is 1. The molecule has 0 bridgehead atoms. The third kappa shape index (κ3) is 1.63. The Labute approximate surface area is 86.5 Å². The molecule has 1 nitrogen and oxygen atoms in total. The smallest absolute Gasteiger partial charge is 0.0406 e. The number of hydrogen-bond acceptors (Lipinski definition) is 1. The molecule has 0 aromatic heterocycles. The van der Waals surface area contributed by atoms with E-state index in [0.717, 1.165) is 18.4 Å². The normalized spacial score (nSPS) is 19.6.